The Morgan fingerprint density at radius 3 is 1.87 bits per heavy atom. The van der Waals surface area contributed by atoms with Gasteiger partial charge >= 0.3 is 0 Å². The number of hydrogen-bond acceptors (Lipinski definition) is 1. The van der Waals surface area contributed by atoms with Crippen molar-refractivity contribution < 1.29 is 4.74 Å². The van der Waals surface area contributed by atoms with Crippen molar-refractivity contribution in [3.05, 3.63) is 78.4 Å². The summed E-state index contributed by atoms with van der Waals surface area (Å²) in [5, 5.41) is 2.73. The van der Waals surface area contributed by atoms with E-state index in [1.54, 1.807) is 0 Å². The van der Waals surface area contributed by atoms with Crippen LogP contribution in [-0.4, -0.2) is 11.2 Å². The highest BCUT2D eigenvalue weighted by Gasteiger charge is 2.08. The van der Waals surface area contributed by atoms with E-state index in [-0.39, 0.29) is 0 Å². The Morgan fingerprint density at radius 2 is 1.23 bits per heavy atom. The van der Waals surface area contributed by atoms with Gasteiger partial charge in [0.25, 0.3) is 0 Å². The van der Waals surface area contributed by atoms with Crippen molar-refractivity contribution in [1.82, 2.24) is 4.57 Å². The second kappa shape index (κ2) is 10.0. The summed E-state index contributed by atoms with van der Waals surface area (Å²) in [7, 11) is 0. The Kier molecular flexibility index (Phi) is 6.72. The number of benzene rings is 3. The molecule has 2 nitrogen and oxygen atoms in total. The highest BCUT2D eigenvalue weighted by molar-refractivity contribution is 6.07. The molecule has 0 radical (unpaired) electrons. The molecule has 30 heavy (non-hydrogen) atoms. The molecule has 1 aromatic heterocycles. The summed E-state index contributed by atoms with van der Waals surface area (Å²) in [6.07, 6.45) is 12.7. The molecule has 0 aliphatic heterocycles. The first-order valence-corrected chi connectivity index (χ1v) is 11.0. The summed E-state index contributed by atoms with van der Waals surface area (Å²) in [4.78, 5) is 0. The van der Waals surface area contributed by atoms with Gasteiger partial charge in [0.15, 0.2) is 0 Å². The number of fused-ring (bicyclic) bond motifs is 3. The van der Waals surface area contributed by atoms with Crippen LogP contribution in [0, 0.1) is 12.3 Å². The summed E-state index contributed by atoms with van der Waals surface area (Å²) in [6, 6.07) is 25.3. The minimum atomic E-state index is 0.775. The predicted molar refractivity (Wildman–Crippen MR) is 127 cm³/mol. The molecular formula is C28H29NO. The maximum atomic E-state index is 5.79. The number of terminal acetylenes is 1. The van der Waals surface area contributed by atoms with Crippen LogP contribution >= 0.6 is 0 Å². The monoisotopic (exact) mass is 395 g/mol. The summed E-state index contributed by atoms with van der Waals surface area (Å²) in [6.45, 7) is 1.86. The van der Waals surface area contributed by atoms with Crippen molar-refractivity contribution in [2.75, 3.05) is 6.61 Å². The molecule has 0 aliphatic rings. The number of aromatic nitrogens is 1. The van der Waals surface area contributed by atoms with Crippen LogP contribution in [0.15, 0.2) is 72.8 Å². The Morgan fingerprint density at radius 1 is 0.667 bits per heavy atom. The topological polar surface area (TPSA) is 14.2 Å². The van der Waals surface area contributed by atoms with Crippen molar-refractivity contribution in [2.24, 2.45) is 0 Å². The molecule has 0 atom stereocenters. The summed E-state index contributed by atoms with van der Waals surface area (Å²) >= 11 is 0. The van der Waals surface area contributed by atoms with Gasteiger partial charge in [-0.25, -0.2) is 0 Å². The van der Waals surface area contributed by atoms with Gasteiger partial charge in [-0.2, -0.15) is 0 Å². The highest BCUT2D eigenvalue weighted by Crippen LogP contribution is 2.29. The summed E-state index contributed by atoms with van der Waals surface area (Å²) in [5.41, 5.74) is 3.60. The highest BCUT2D eigenvalue weighted by atomic mass is 16.5. The van der Waals surface area contributed by atoms with Gasteiger partial charge in [0.2, 0.25) is 0 Å². The average molecular weight is 396 g/mol. The molecule has 0 bridgehead atoms. The van der Waals surface area contributed by atoms with Gasteiger partial charge in [-0.3, -0.25) is 0 Å². The van der Waals surface area contributed by atoms with Gasteiger partial charge < -0.3 is 9.30 Å². The first-order valence-electron chi connectivity index (χ1n) is 11.0. The molecule has 3 aromatic carbocycles. The minimum absolute atomic E-state index is 0.775. The molecule has 0 N–H and O–H groups in total. The van der Waals surface area contributed by atoms with E-state index in [1.165, 1.54) is 53.9 Å². The van der Waals surface area contributed by atoms with Gasteiger partial charge in [0.05, 0.1) is 6.61 Å². The van der Waals surface area contributed by atoms with Crippen LogP contribution in [-0.2, 0) is 6.54 Å². The fourth-order valence-corrected chi connectivity index (χ4v) is 4.16. The normalized spacial score (nSPS) is 11.0. The standard InChI is InChI=1S/C28H29NO/c1-2-23-17-19-24(20-18-23)30-22-12-6-4-3-5-11-21-29-27-15-9-7-13-25(27)26-14-8-10-16-28(26)29/h1,7-10,13-20H,3-6,11-12,21-22H2. The Balaban J connectivity index is 1.17. The largest absolute Gasteiger partial charge is 0.494 e. The van der Waals surface area contributed by atoms with Crippen molar-refractivity contribution in [3.8, 4) is 18.1 Å². The molecular weight excluding hydrogens is 366 g/mol. The van der Waals surface area contributed by atoms with E-state index in [1.807, 2.05) is 24.3 Å². The maximum absolute atomic E-state index is 5.79. The predicted octanol–water partition coefficient (Wildman–Crippen LogP) is 7.20. The molecule has 0 amide bonds. The third-order valence-electron chi connectivity index (χ3n) is 5.75. The van der Waals surface area contributed by atoms with Crippen molar-refractivity contribution in [2.45, 2.75) is 45.1 Å². The first-order chi connectivity index (χ1) is 14.9. The van der Waals surface area contributed by atoms with Gasteiger partial charge in [-0.1, -0.05) is 68.0 Å². The molecule has 152 valence electrons. The average Bonchev–Trinajstić information content (AvgIpc) is 3.12. The van der Waals surface area contributed by atoms with Crippen molar-refractivity contribution >= 4 is 21.8 Å². The van der Waals surface area contributed by atoms with E-state index in [0.29, 0.717) is 0 Å². The SMILES string of the molecule is C#Cc1ccc(OCCCCCCCCn2c3ccccc3c3ccccc32)cc1. The molecule has 0 spiro atoms. The summed E-state index contributed by atoms with van der Waals surface area (Å²) < 4.78 is 8.28. The number of aryl methyl sites for hydroxylation is 1. The third kappa shape index (κ3) is 4.69. The van der Waals surface area contributed by atoms with Crippen LogP contribution in [0.1, 0.15) is 44.1 Å². The zero-order valence-corrected chi connectivity index (χ0v) is 17.5. The fraction of sp³-hybridized carbons (Fsp3) is 0.286. The molecule has 1 heterocycles. The van der Waals surface area contributed by atoms with Crippen LogP contribution in [0.4, 0.5) is 0 Å². The zero-order valence-electron chi connectivity index (χ0n) is 17.5. The fourth-order valence-electron chi connectivity index (χ4n) is 4.16. The third-order valence-corrected chi connectivity index (χ3v) is 5.75. The number of rotatable bonds is 10. The second-order valence-electron chi connectivity index (χ2n) is 7.82. The van der Waals surface area contributed by atoms with E-state index < -0.39 is 0 Å². The lowest BCUT2D eigenvalue weighted by molar-refractivity contribution is 0.304. The molecule has 0 saturated heterocycles. The Hall–Kier alpha value is -3.18. The van der Waals surface area contributed by atoms with Crippen LogP contribution in [0.2, 0.25) is 0 Å². The Labute approximate surface area is 179 Å². The van der Waals surface area contributed by atoms with Gasteiger partial charge in [-0.15, -0.1) is 6.42 Å². The molecule has 4 aromatic rings. The zero-order chi connectivity index (χ0) is 20.6. The number of unbranched alkanes of at least 4 members (excludes halogenated alkanes) is 5. The number of para-hydroxylation sites is 2. The van der Waals surface area contributed by atoms with Gasteiger partial charge in [0.1, 0.15) is 5.75 Å². The van der Waals surface area contributed by atoms with E-state index in [4.69, 9.17) is 11.2 Å². The number of ether oxygens (including phenoxy) is 1. The van der Waals surface area contributed by atoms with Crippen LogP contribution in [0.5, 0.6) is 5.75 Å². The molecule has 0 saturated carbocycles. The quantitative estimate of drug-likeness (QED) is 0.205. The van der Waals surface area contributed by atoms with Crippen LogP contribution < -0.4 is 4.74 Å². The first kappa shape index (κ1) is 20.1. The molecule has 0 unspecified atom stereocenters. The second-order valence-corrected chi connectivity index (χ2v) is 7.82. The van der Waals surface area contributed by atoms with E-state index >= 15 is 0 Å². The van der Waals surface area contributed by atoms with Crippen LogP contribution in [0.3, 0.4) is 0 Å². The Bertz CT molecular complexity index is 1080. The van der Waals surface area contributed by atoms with Crippen LogP contribution in [0.25, 0.3) is 21.8 Å². The maximum Gasteiger partial charge on any atom is 0.119 e. The smallest absolute Gasteiger partial charge is 0.119 e. The van der Waals surface area contributed by atoms with E-state index in [0.717, 1.165) is 30.9 Å². The lowest BCUT2D eigenvalue weighted by atomic mass is 10.1. The van der Waals surface area contributed by atoms with E-state index in [9.17, 15) is 0 Å². The van der Waals surface area contributed by atoms with Crippen molar-refractivity contribution in [1.29, 1.82) is 0 Å². The minimum Gasteiger partial charge on any atom is -0.494 e. The molecule has 4 rings (SSSR count). The van der Waals surface area contributed by atoms with Crippen molar-refractivity contribution in [3.63, 3.8) is 0 Å². The number of nitrogens with zero attached hydrogens (tertiary/aromatic N) is 1. The summed E-state index contributed by atoms with van der Waals surface area (Å²) in [5.74, 6) is 3.53. The number of hydrogen-bond donors (Lipinski definition) is 0. The molecule has 0 fully saturated rings. The lowest BCUT2D eigenvalue weighted by Gasteiger charge is -2.08. The molecule has 2 heteroatoms. The molecule has 0 aliphatic carbocycles. The van der Waals surface area contributed by atoms with E-state index in [2.05, 4.69) is 59.0 Å². The van der Waals surface area contributed by atoms with Gasteiger partial charge in [-0.05, 0) is 49.2 Å². The lowest BCUT2D eigenvalue weighted by Crippen LogP contribution is -1.98. The van der Waals surface area contributed by atoms with Gasteiger partial charge in [0, 0.05) is 33.9 Å².